The third kappa shape index (κ3) is 4.24. The summed E-state index contributed by atoms with van der Waals surface area (Å²) in [5, 5.41) is 6.81. The third-order valence-electron chi connectivity index (χ3n) is 3.28. The van der Waals surface area contributed by atoms with Gasteiger partial charge in [-0.3, -0.25) is 10.00 Å². The van der Waals surface area contributed by atoms with E-state index in [1.165, 1.54) is 17.0 Å². The van der Waals surface area contributed by atoms with Crippen molar-refractivity contribution in [2.75, 3.05) is 12.4 Å². The van der Waals surface area contributed by atoms with Gasteiger partial charge in [-0.25, -0.2) is 4.79 Å². The second-order valence-corrected chi connectivity index (χ2v) is 5.28. The van der Waals surface area contributed by atoms with Crippen LogP contribution in [0.3, 0.4) is 0 Å². The fraction of sp³-hybridized carbons (Fsp3) is 0.333. The zero-order valence-electron chi connectivity index (χ0n) is 13.0. The van der Waals surface area contributed by atoms with Crippen molar-refractivity contribution in [1.29, 1.82) is 0 Å². The smallest absolute Gasteiger partial charge is 0.323 e. The quantitative estimate of drug-likeness (QED) is 0.940. The molecule has 23 heavy (non-hydrogen) atoms. The van der Waals surface area contributed by atoms with Gasteiger partial charge in [-0.2, -0.15) is 18.3 Å². The standard InChI is InChI=1S/C15H17F3N4O/c1-10-8-13(22(3)20-10)19-14(23)21(2)9-11-4-6-12(7-5-11)15(16,17)18/h4-8H,9H2,1-3H3,(H,19,23). The fourth-order valence-corrected chi connectivity index (χ4v) is 2.08. The highest BCUT2D eigenvalue weighted by molar-refractivity contribution is 5.88. The first-order valence-corrected chi connectivity index (χ1v) is 6.85. The lowest BCUT2D eigenvalue weighted by atomic mass is 10.1. The number of benzene rings is 1. The van der Waals surface area contributed by atoms with Crippen LogP contribution in [0.4, 0.5) is 23.8 Å². The summed E-state index contributed by atoms with van der Waals surface area (Å²) in [5.74, 6) is 0.548. The largest absolute Gasteiger partial charge is 0.416 e. The molecule has 0 aliphatic rings. The summed E-state index contributed by atoms with van der Waals surface area (Å²) in [7, 11) is 3.27. The number of aryl methyl sites for hydroxylation is 2. The van der Waals surface area contributed by atoms with E-state index in [1.54, 1.807) is 24.8 Å². The minimum absolute atomic E-state index is 0.195. The van der Waals surface area contributed by atoms with E-state index in [0.717, 1.165) is 17.8 Å². The van der Waals surface area contributed by atoms with Crippen molar-refractivity contribution in [2.45, 2.75) is 19.6 Å². The van der Waals surface area contributed by atoms with Crippen LogP contribution >= 0.6 is 0 Å². The van der Waals surface area contributed by atoms with Crippen molar-refractivity contribution in [1.82, 2.24) is 14.7 Å². The molecule has 124 valence electrons. The summed E-state index contributed by atoms with van der Waals surface area (Å²) in [4.78, 5) is 13.5. The number of nitrogens with one attached hydrogen (secondary N) is 1. The highest BCUT2D eigenvalue weighted by atomic mass is 19.4. The molecular formula is C15H17F3N4O. The molecule has 8 heteroatoms. The van der Waals surface area contributed by atoms with Crippen molar-refractivity contribution in [3.63, 3.8) is 0 Å². The Labute approximate surface area is 131 Å². The second kappa shape index (κ2) is 6.31. The van der Waals surface area contributed by atoms with Gasteiger partial charge in [0.05, 0.1) is 11.3 Å². The maximum absolute atomic E-state index is 12.5. The van der Waals surface area contributed by atoms with Crippen LogP contribution in [0.2, 0.25) is 0 Å². The first kappa shape index (κ1) is 16.9. The number of alkyl halides is 3. The number of rotatable bonds is 3. The van der Waals surface area contributed by atoms with Gasteiger partial charge in [-0.15, -0.1) is 0 Å². The van der Waals surface area contributed by atoms with E-state index >= 15 is 0 Å². The van der Waals surface area contributed by atoms with Crippen molar-refractivity contribution in [3.8, 4) is 0 Å². The molecule has 0 radical (unpaired) electrons. The van der Waals surface area contributed by atoms with E-state index in [-0.39, 0.29) is 12.6 Å². The topological polar surface area (TPSA) is 50.2 Å². The van der Waals surface area contributed by atoms with E-state index in [2.05, 4.69) is 10.4 Å². The Balaban J connectivity index is 1.99. The molecule has 1 heterocycles. The molecule has 0 atom stereocenters. The van der Waals surface area contributed by atoms with E-state index in [0.29, 0.717) is 11.4 Å². The van der Waals surface area contributed by atoms with Crippen LogP contribution in [0.1, 0.15) is 16.8 Å². The molecule has 0 saturated heterocycles. The SMILES string of the molecule is Cc1cc(NC(=O)N(C)Cc2ccc(C(F)(F)F)cc2)n(C)n1. The van der Waals surface area contributed by atoms with Gasteiger partial charge in [-0.1, -0.05) is 12.1 Å². The highest BCUT2D eigenvalue weighted by Gasteiger charge is 2.29. The van der Waals surface area contributed by atoms with E-state index in [9.17, 15) is 18.0 Å². The molecular weight excluding hydrogens is 309 g/mol. The van der Waals surface area contributed by atoms with Crippen molar-refractivity contribution >= 4 is 11.8 Å². The Morgan fingerprint density at radius 2 is 1.91 bits per heavy atom. The molecule has 0 aliphatic carbocycles. The lowest BCUT2D eigenvalue weighted by molar-refractivity contribution is -0.137. The summed E-state index contributed by atoms with van der Waals surface area (Å²) >= 11 is 0. The fourth-order valence-electron chi connectivity index (χ4n) is 2.08. The molecule has 2 amide bonds. The maximum Gasteiger partial charge on any atom is 0.416 e. The molecule has 0 spiro atoms. The molecule has 0 aliphatic heterocycles. The zero-order valence-corrected chi connectivity index (χ0v) is 13.0. The average molecular weight is 326 g/mol. The van der Waals surface area contributed by atoms with Gasteiger partial charge < -0.3 is 4.90 Å². The number of urea groups is 1. The maximum atomic E-state index is 12.5. The predicted molar refractivity (Wildman–Crippen MR) is 79.9 cm³/mol. The van der Waals surface area contributed by atoms with Crippen molar-refractivity contribution < 1.29 is 18.0 Å². The first-order chi connectivity index (χ1) is 10.7. The minimum Gasteiger partial charge on any atom is -0.323 e. The molecule has 0 unspecified atom stereocenters. The molecule has 2 aromatic rings. The summed E-state index contributed by atoms with van der Waals surface area (Å²) < 4.78 is 39.1. The summed E-state index contributed by atoms with van der Waals surface area (Å²) in [6.45, 7) is 2.00. The minimum atomic E-state index is -4.36. The van der Waals surface area contributed by atoms with Gasteiger partial charge >= 0.3 is 12.2 Å². The number of hydrogen-bond acceptors (Lipinski definition) is 2. The number of carbonyl (C=O) groups excluding carboxylic acids is 1. The summed E-state index contributed by atoms with van der Waals surface area (Å²) in [6.07, 6.45) is -4.36. The van der Waals surface area contributed by atoms with Crippen LogP contribution in [-0.4, -0.2) is 27.8 Å². The Bertz CT molecular complexity index is 692. The number of amides is 2. The van der Waals surface area contributed by atoms with E-state index < -0.39 is 11.7 Å². The Morgan fingerprint density at radius 1 is 1.30 bits per heavy atom. The molecule has 0 bridgehead atoms. The van der Waals surface area contributed by atoms with Gasteiger partial charge in [0, 0.05) is 26.7 Å². The molecule has 5 nitrogen and oxygen atoms in total. The number of nitrogens with zero attached hydrogens (tertiary/aromatic N) is 3. The monoisotopic (exact) mass is 326 g/mol. The number of anilines is 1. The Kier molecular flexibility index (Phi) is 4.63. The highest BCUT2D eigenvalue weighted by Crippen LogP contribution is 2.29. The molecule has 0 saturated carbocycles. The zero-order chi connectivity index (χ0) is 17.2. The van der Waals surface area contributed by atoms with Crippen LogP contribution in [-0.2, 0) is 19.8 Å². The van der Waals surface area contributed by atoms with Gasteiger partial charge in [0.25, 0.3) is 0 Å². The molecule has 1 aromatic heterocycles. The lowest BCUT2D eigenvalue weighted by Gasteiger charge is -2.18. The van der Waals surface area contributed by atoms with E-state index in [4.69, 9.17) is 0 Å². The van der Waals surface area contributed by atoms with Crippen LogP contribution < -0.4 is 5.32 Å². The Morgan fingerprint density at radius 3 is 2.39 bits per heavy atom. The lowest BCUT2D eigenvalue weighted by Crippen LogP contribution is -2.31. The van der Waals surface area contributed by atoms with Crippen molar-refractivity contribution in [3.05, 3.63) is 47.2 Å². The van der Waals surface area contributed by atoms with Gasteiger partial charge in [0.1, 0.15) is 5.82 Å². The van der Waals surface area contributed by atoms with E-state index in [1.807, 2.05) is 6.92 Å². The summed E-state index contributed by atoms with van der Waals surface area (Å²) in [5.41, 5.74) is 0.670. The number of halogens is 3. The van der Waals surface area contributed by atoms with Crippen molar-refractivity contribution in [2.24, 2.45) is 7.05 Å². The number of aromatic nitrogens is 2. The van der Waals surface area contributed by atoms with Crippen LogP contribution in [0.5, 0.6) is 0 Å². The second-order valence-electron chi connectivity index (χ2n) is 5.28. The first-order valence-electron chi connectivity index (χ1n) is 6.85. The molecule has 1 aromatic carbocycles. The van der Waals surface area contributed by atoms with Gasteiger partial charge in [0.2, 0.25) is 0 Å². The Hall–Kier alpha value is -2.51. The van der Waals surface area contributed by atoms with Crippen LogP contribution in [0.25, 0.3) is 0 Å². The number of carbonyl (C=O) groups is 1. The third-order valence-corrected chi connectivity index (χ3v) is 3.28. The van der Waals surface area contributed by atoms with Gasteiger partial charge in [-0.05, 0) is 24.6 Å². The molecule has 1 N–H and O–H groups in total. The molecule has 0 fully saturated rings. The average Bonchev–Trinajstić information content (AvgIpc) is 2.76. The normalized spacial score (nSPS) is 11.4. The van der Waals surface area contributed by atoms with Crippen LogP contribution in [0.15, 0.2) is 30.3 Å². The molecule has 2 rings (SSSR count). The summed E-state index contributed by atoms with van der Waals surface area (Å²) in [6, 6.07) is 6.09. The number of hydrogen-bond donors (Lipinski definition) is 1. The predicted octanol–water partition coefficient (Wildman–Crippen LogP) is 3.41. The van der Waals surface area contributed by atoms with Crippen LogP contribution in [0, 0.1) is 6.92 Å². The van der Waals surface area contributed by atoms with Gasteiger partial charge in [0.15, 0.2) is 0 Å².